The van der Waals surface area contributed by atoms with Crippen LogP contribution in [0.5, 0.6) is 11.5 Å². The second-order valence-corrected chi connectivity index (χ2v) is 7.33. The number of thioether (sulfide) groups is 1. The van der Waals surface area contributed by atoms with Gasteiger partial charge < -0.3 is 14.6 Å². The molecule has 0 aromatic heterocycles. The van der Waals surface area contributed by atoms with Gasteiger partial charge in [-0.25, -0.2) is 0 Å². The summed E-state index contributed by atoms with van der Waals surface area (Å²) in [7, 11) is 3.13. The molecule has 1 saturated heterocycles. The standard InChI is InChI=1S/C18H21NO5S2/c1-23-13-8-7-12(10-14(13)24-2)11-15-17(22)19(18(25)26-15)9-5-3-4-6-16(20)21/h7-8,10-11H,3-6,9H2,1-2H3,(H,20,21)/b15-11+. The first-order valence-electron chi connectivity index (χ1n) is 8.15. The average Bonchev–Trinajstić information content (AvgIpc) is 2.88. The summed E-state index contributed by atoms with van der Waals surface area (Å²) in [6.07, 6.45) is 4.01. The first kappa shape index (κ1) is 20.3. The molecule has 26 heavy (non-hydrogen) atoms. The Labute approximate surface area is 162 Å². The van der Waals surface area contributed by atoms with E-state index in [2.05, 4.69) is 0 Å². The number of carbonyl (C=O) groups is 2. The van der Waals surface area contributed by atoms with Crippen molar-refractivity contribution < 1.29 is 24.2 Å². The number of benzene rings is 1. The minimum absolute atomic E-state index is 0.118. The molecule has 1 fully saturated rings. The van der Waals surface area contributed by atoms with Crippen LogP contribution in [0.15, 0.2) is 23.1 Å². The van der Waals surface area contributed by atoms with Gasteiger partial charge in [0.1, 0.15) is 4.32 Å². The van der Waals surface area contributed by atoms with Crippen molar-refractivity contribution in [2.45, 2.75) is 25.7 Å². The van der Waals surface area contributed by atoms with Crippen LogP contribution in [0.4, 0.5) is 0 Å². The molecule has 1 amide bonds. The summed E-state index contributed by atoms with van der Waals surface area (Å²) in [5.74, 6) is 0.301. The van der Waals surface area contributed by atoms with Crippen LogP contribution in [0, 0.1) is 0 Å². The molecular weight excluding hydrogens is 374 g/mol. The van der Waals surface area contributed by atoms with Gasteiger partial charge in [0.2, 0.25) is 0 Å². The molecule has 0 radical (unpaired) electrons. The highest BCUT2D eigenvalue weighted by Gasteiger charge is 2.31. The van der Waals surface area contributed by atoms with Crippen LogP contribution in [0.25, 0.3) is 6.08 Å². The molecule has 0 unspecified atom stereocenters. The Morgan fingerprint density at radius 2 is 1.96 bits per heavy atom. The number of thiocarbonyl (C=S) groups is 1. The number of unbranched alkanes of at least 4 members (excludes halogenated alkanes) is 2. The Balaban J connectivity index is 2.01. The van der Waals surface area contributed by atoms with Gasteiger partial charge in [-0.3, -0.25) is 14.5 Å². The maximum atomic E-state index is 12.6. The molecule has 1 N–H and O–H groups in total. The summed E-state index contributed by atoms with van der Waals surface area (Å²) in [5.41, 5.74) is 0.824. The number of hydrogen-bond acceptors (Lipinski definition) is 6. The van der Waals surface area contributed by atoms with Crippen molar-refractivity contribution in [3.8, 4) is 11.5 Å². The number of carboxylic acid groups (broad SMARTS) is 1. The van der Waals surface area contributed by atoms with Crippen molar-refractivity contribution in [2.24, 2.45) is 0 Å². The second-order valence-electron chi connectivity index (χ2n) is 5.65. The van der Waals surface area contributed by atoms with Gasteiger partial charge in [0.15, 0.2) is 11.5 Å². The third-order valence-electron chi connectivity index (χ3n) is 3.85. The summed E-state index contributed by atoms with van der Waals surface area (Å²) in [4.78, 5) is 25.2. The van der Waals surface area contributed by atoms with Crippen molar-refractivity contribution in [3.63, 3.8) is 0 Å². The normalized spacial score (nSPS) is 15.6. The minimum atomic E-state index is -0.798. The molecule has 1 aromatic rings. The van der Waals surface area contributed by atoms with Gasteiger partial charge in [0.05, 0.1) is 19.1 Å². The number of amides is 1. The zero-order valence-electron chi connectivity index (χ0n) is 14.7. The number of hydrogen-bond donors (Lipinski definition) is 1. The first-order valence-corrected chi connectivity index (χ1v) is 9.38. The Kier molecular flexibility index (Phi) is 7.47. The topological polar surface area (TPSA) is 76.1 Å². The predicted molar refractivity (Wildman–Crippen MR) is 106 cm³/mol. The van der Waals surface area contributed by atoms with Gasteiger partial charge in [0.25, 0.3) is 5.91 Å². The number of rotatable bonds is 9. The summed E-state index contributed by atoms with van der Waals surface area (Å²) in [5, 5.41) is 8.64. The Morgan fingerprint density at radius 3 is 2.62 bits per heavy atom. The monoisotopic (exact) mass is 395 g/mol. The van der Waals surface area contributed by atoms with Crippen LogP contribution < -0.4 is 9.47 Å². The van der Waals surface area contributed by atoms with Crippen LogP contribution in [-0.2, 0) is 9.59 Å². The van der Waals surface area contributed by atoms with Crippen LogP contribution in [0.2, 0.25) is 0 Å². The third kappa shape index (κ3) is 5.22. The number of nitrogens with zero attached hydrogens (tertiary/aromatic N) is 1. The molecule has 0 aliphatic carbocycles. The van der Waals surface area contributed by atoms with E-state index in [9.17, 15) is 9.59 Å². The van der Waals surface area contributed by atoms with E-state index >= 15 is 0 Å². The van der Waals surface area contributed by atoms with E-state index in [1.165, 1.54) is 11.8 Å². The quantitative estimate of drug-likeness (QED) is 0.389. The zero-order valence-corrected chi connectivity index (χ0v) is 16.3. The number of ether oxygens (including phenoxy) is 2. The van der Waals surface area contributed by atoms with Gasteiger partial charge in [-0.1, -0.05) is 36.5 Å². The maximum absolute atomic E-state index is 12.6. The number of aliphatic carboxylic acids is 1. The molecule has 6 nitrogen and oxygen atoms in total. The van der Waals surface area contributed by atoms with E-state index in [1.807, 2.05) is 6.07 Å². The lowest BCUT2D eigenvalue weighted by atomic mass is 10.1. The van der Waals surface area contributed by atoms with Crippen LogP contribution in [0.3, 0.4) is 0 Å². The fourth-order valence-electron chi connectivity index (χ4n) is 2.51. The summed E-state index contributed by atoms with van der Waals surface area (Å²) < 4.78 is 11.0. The molecule has 0 saturated carbocycles. The zero-order chi connectivity index (χ0) is 19.1. The molecule has 0 atom stereocenters. The Hall–Kier alpha value is -2.06. The molecule has 2 rings (SSSR count). The van der Waals surface area contributed by atoms with Crippen LogP contribution in [-0.4, -0.2) is 47.0 Å². The lowest BCUT2D eigenvalue weighted by Crippen LogP contribution is -2.29. The summed E-state index contributed by atoms with van der Waals surface area (Å²) in [6.45, 7) is 0.507. The smallest absolute Gasteiger partial charge is 0.303 e. The highest BCUT2D eigenvalue weighted by Crippen LogP contribution is 2.34. The van der Waals surface area contributed by atoms with E-state index in [1.54, 1.807) is 37.3 Å². The van der Waals surface area contributed by atoms with E-state index in [-0.39, 0.29) is 12.3 Å². The molecule has 0 spiro atoms. The first-order chi connectivity index (χ1) is 12.5. The van der Waals surface area contributed by atoms with E-state index in [0.29, 0.717) is 33.7 Å². The maximum Gasteiger partial charge on any atom is 0.303 e. The fraction of sp³-hybridized carbons (Fsp3) is 0.389. The highest BCUT2D eigenvalue weighted by atomic mass is 32.2. The van der Waals surface area contributed by atoms with Crippen molar-refractivity contribution >= 4 is 46.3 Å². The van der Waals surface area contributed by atoms with Gasteiger partial charge in [0, 0.05) is 13.0 Å². The number of methoxy groups -OCH3 is 2. The molecule has 1 aliphatic rings. The Bertz CT molecular complexity index is 732. The van der Waals surface area contributed by atoms with E-state index in [4.69, 9.17) is 26.8 Å². The SMILES string of the molecule is COc1ccc(/C=C2/SC(=S)N(CCCCCC(=O)O)C2=O)cc1OC. The van der Waals surface area contributed by atoms with Crippen molar-refractivity contribution in [1.82, 2.24) is 4.90 Å². The molecule has 140 valence electrons. The second kappa shape index (κ2) is 9.59. The van der Waals surface area contributed by atoms with Crippen LogP contribution >= 0.6 is 24.0 Å². The lowest BCUT2D eigenvalue weighted by molar-refractivity contribution is -0.137. The molecular formula is C18H21NO5S2. The van der Waals surface area contributed by atoms with Gasteiger partial charge in [-0.2, -0.15) is 0 Å². The van der Waals surface area contributed by atoms with Crippen LogP contribution in [0.1, 0.15) is 31.2 Å². The largest absolute Gasteiger partial charge is 0.493 e. The number of carboxylic acids is 1. The molecule has 8 heteroatoms. The minimum Gasteiger partial charge on any atom is -0.493 e. The van der Waals surface area contributed by atoms with Crippen molar-refractivity contribution in [3.05, 3.63) is 28.7 Å². The predicted octanol–water partition coefficient (Wildman–Crippen LogP) is 3.55. The van der Waals surface area contributed by atoms with Gasteiger partial charge in [-0.05, 0) is 36.6 Å². The fourth-order valence-corrected chi connectivity index (χ4v) is 3.82. The molecule has 1 aromatic carbocycles. The molecule has 1 aliphatic heterocycles. The van der Waals surface area contributed by atoms with Crippen molar-refractivity contribution in [2.75, 3.05) is 20.8 Å². The number of carbonyl (C=O) groups excluding carboxylic acids is 1. The van der Waals surface area contributed by atoms with Crippen molar-refractivity contribution in [1.29, 1.82) is 0 Å². The van der Waals surface area contributed by atoms with Gasteiger partial charge >= 0.3 is 5.97 Å². The summed E-state index contributed by atoms with van der Waals surface area (Å²) in [6, 6.07) is 5.44. The van der Waals surface area contributed by atoms with Gasteiger partial charge in [-0.15, -0.1) is 0 Å². The third-order valence-corrected chi connectivity index (χ3v) is 5.23. The van der Waals surface area contributed by atoms with E-state index < -0.39 is 5.97 Å². The lowest BCUT2D eigenvalue weighted by Gasteiger charge is -2.13. The summed E-state index contributed by atoms with van der Waals surface area (Å²) >= 11 is 6.58. The van der Waals surface area contributed by atoms with E-state index in [0.717, 1.165) is 18.4 Å². The molecule has 0 bridgehead atoms. The average molecular weight is 396 g/mol. The molecule has 1 heterocycles. The highest BCUT2D eigenvalue weighted by molar-refractivity contribution is 8.26. The Morgan fingerprint density at radius 1 is 1.23 bits per heavy atom.